The molecule has 2 heteroatoms. The van der Waals surface area contributed by atoms with Gasteiger partial charge in [-0.2, -0.15) is 0 Å². The standard InChI is InChI=1S/C16H25NO/c1-12(2)10-15-16(3,8-9-17-15)13-6-5-7-14(11-13)18-4/h5-7,11-12,15,17H,8-10H2,1-4H3. The van der Waals surface area contributed by atoms with E-state index >= 15 is 0 Å². The van der Waals surface area contributed by atoms with Crippen LogP contribution in [0.25, 0.3) is 0 Å². The van der Waals surface area contributed by atoms with Crippen molar-refractivity contribution < 1.29 is 4.74 Å². The molecule has 1 N–H and O–H groups in total. The molecule has 0 aromatic heterocycles. The van der Waals surface area contributed by atoms with Crippen LogP contribution in [0.2, 0.25) is 0 Å². The molecule has 0 saturated carbocycles. The van der Waals surface area contributed by atoms with Gasteiger partial charge in [0, 0.05) is 11.5 Å². The topological polar surface area (TPSA) is 21.3 Å². The van der Waals surface area contributed by atoms with Gasteiger partial charge in [-0.3, -0.25) is 0 Å². The molecule has 1 aromatic rings. The van der Waals surface area contributed by atoms with E-state index in [1.54, 1.807) is 7.11 Å². The van der Waals surface area contributed by atoms with Crippen molar-refractivity contribution in [3.63, 3.8) is 0 Å². The second-order valence-corrected chi connectivity index (χ2v) is 6.04. The molecule has 18 heavy (non-hydrogen) atoms. The maximum atomic E-state index is 5.36. The van der Waals surface area contributed by atoms with Gasteiger partial charge >= 0.3 is 0 Å². The van der Waals surface area contributed by atoms with Crippen molar-refractivity contribution in [2.75, 3.05) is 13.7 Å². The van der Waals surface area contributed by atoms with Crippen LogP contribution < -0.4 is 10.1 Å². The van der Waals surface area contributed by atoms with E-state index in [2.05, 4.69) is 44.3 Å². The van der Waals surface area contributed by atoms with Gasteiger partial charge in [0.05, 0.1) is 7.11 Å². The summed E-state index contributed by atoms with van der Waals surface area (Å²) in [5.74, 6) is 1.69. The molecule has 2 nitrogen and oxygen atoms in total. The van der Waals surface area contributed by atoms with Gasteiger partial charge in [0.1, 0.15) is 5.75 Å². The Morgan fingerprint density at radius 2 is 2.22 bits per heavy atom. The van der Waals surface area contributed by atoms with Crippen LogP contribution in [0.4, 0.5) is 0 Å². The minimum Gasteiger partial charge on any atom is -0.497 e. The molecule has 0 bridgehead atoms. The van der Waals surface area contributed by atoms with Crippen LogP contribution in [0.15, 0.2) is 24.3 Å². The first-order valence-electron chi connectivity index (χ1n) is 6.94. The van der Waals surface area contributed by atoms with E-state index in [4.69, 9.17) is 4.74 Å². The lowest BCUT2D eigenvalue weighted by atomic mass is 9.73. The van der Waals surface area contributed by atoms with E-state index in [0.29, 0.717) is 6.04 Å². The van der Waals surface area contributed by atoms with Gasteiger partial charge in [-0.1, -0.05) is 32.9 Å². The lowest BCUT2D eigenvalue weighted by Gasteiger charge is -2.33. The second-order valence-electron chi connectivity index (χ2n) is 6.04. The number of hydrogen-bond acceptors (Lipinski definition) is 2. The van der Waals surface area contributed by atoms with E-state index < -0.39 is 0 Å². The Bertz CT molecular complexity index is 402. The average Bonchev–Trinajstić information content (AvgIpc) is 2.72. The molecule has 1 heterocycles. The molecule has 1 saturated heterocycles. The zero-order valence-electron chi connectivity index (χ0n) is 12.0. The molecule has 2 rings (SSSR count). The van der Waals surface area contributed by atoms with E-state index in [0.717, 1.165) is 18.2 Å². The number of hydrogen-bond donors (Lipinski definition) is 1. The highest BCUT2D eigenvalue weighted by atomic mass is 16.5. The molecule has 1 aromatic carbocycles. The Labute approximate surface area is 111 Å². The maximum Gasteiger partial charge on any atom is 0.119 e. The molecular formula is C16H25NO. The van der Waals surface area contributed by atoms with Crippen molar-refractivity contribution in [2.45, 2.75) is 45.1 Å². The lowest BCUT2D eigenvalue weighted by Crippen LogP contribution is -2.39. The smallest absolute Gasteiger partial charge is 0.119 e. The third kappa shape index (κ3) is 2.54. The van der Waals surface area contributed by atoms with Gasteiger partial charge in [0.25, 0.3) is 0 Å². The monoisotopic (exact) mass is 247 g/mol. The number of rotatable bonds is 4. The van der Waals surface area contributed by atoms with Crippen molar-refractivity contribution >= 4 is 0 Å². The van der Waals surface area contributed by atoms with E-state index in [9.17, 15) is 0 Å². The Balaban J connectivity index is 2.27. The molecule has 2 unspecified atom stereocenters. The van der Waals surface area contributed by atoms with Crippen LogP contribution >= 0.6 is 0 Å². The van der Waals surface area contributed by atoms with Crippen molar-refractivity contribution in [3.8, 4) is 5.75 Å². The summed E-state index contributed by atoms with van der Waals surface area (Å²) in [6.07, 6.45) is 2.44. The summed E-state index contributed by atoms with van der Waals surface area (Å²) >= 11 is 0. The third-order valence-corrected chi connectivity index (χ3v) is 4.24. The fraction of sp³-hybridized carbons (Fsp3) is 0.625. The van der Waals surface area contributed by atoms with Crippen LogP contribution in [0, 0.1) is 5.92 Å². The Kier molecular flexibility index (Phi) is 3.96. The average molecular weight is 247 g/mol. The SMILES string of the molecule is COc1cccc(C2(C)CCNC2CC(C)C)c1. The zero-order chi connectivity index (χ0) is 13.2. The van der Waals surface area contributed by atoms with Crippen molar-refractivity contribution in [1.82, 2.24) is 5.32 Å². The summed E-state index contributed by atoms with van der Waals surface area (Å²) in [6.45, 7) is 8.10. The van der Waals surface area contributed by atoms with E-state index in [1.807, 2.05) is 6.07 Å². The predicted molar refractivity (Wildman–Crippen MR) is 76.2 cm³/mol. The lowest BCUT2D eigenvalue weighted by molar-refractivity contribution is 0.342. The van der Waals surface area contributed by atoms with Crippen molar-refractivity contribution in [1.29, 1.82) is 0 Å². The first kappa shape index (κ1) is 13.4. The van der Waals surface area contributed by atoms with Gasteiger partial charge < -0.3 is 10.1 Å². The van der Waals surface area contributed by atoms with Crippen molar-refractivity contribution in [2.24, 2.45) is 5.92 Å². The molecule has 100 valence electrons. The summed E-state index contributed by atoms with van der Waals surface area (Å²) in [6, 6.07) is 9.13. The zero-order valence-corrected chi connectivity index (χ0v) is 12.0. The number of nitrogens with one attached hydrogen (secondary N) is 1. The Morgan fingerprint density at radius 1 is 1.44 bits per heavy atom. The van der Waals surface area contributed by atoms with Gasteiger partial charge in [-0.15, -0.1) is 0 Å². The fourth-order valence-electron chi connectivity index (χ4n) is 3.04. The highest BCUT2D eigenvalue weighted by Gasteiger charge is 2.40. The van der Waals surface area contributed by atoms with Crippen LogP contribution in [0.3, 0.4) is 0 Å². The molecule has 1 aliphatic rings. The summed E-state index contributed by atoms with van der Waals surface area (Å²) < 4.78 is 5.36. The van der Waals surface area contributed by atoms with Crippen LogP contribution in [-0.4, -0.2) is 19.7 Å². The maximum absolute atomic E-state index is 5.36. The fourth-order valence-corrected chi connectivity index (χ4v) is 3.04. The molecule has 0 aliphatic carbocycles. The highest BCUT2D eigenvalue weighted by Crippen LogP contribution is 2.38. The van der Waals surface area contributed by atoms with Gasteiger partial charge in [-0.05, 0) is 43.0 Å². The second kappa shape index (κ2) is 5.31. The first-order valence-corrected chi connectivity index (χ1v) is 6.94. The van der Waals surface area contributed by atoms with E-state index in [1.165, 1.54) is 18.4 Å². The van der Waals surface area contributed by atoms with Crippen LogP contribution in [0.5, 0.6) is 5.75 Å². The largest absolute Gasteiger partial charge is 0.497 e. The molecule has 0 amide bonds. The summed E-state index contributed by atoms with van der Waals surface area (Å²) in [5, 5.41) is 3.67. The molecule has 1 aliphatic heterocycles. The number of methoxy groups -OCH3 is 1. The summed E-state index contributed by atoms with van der Waals surface area (Å²) in [4.78, 5) is 0. The minimum absolute atomic E-state index is 0.235. The molecule has 2 atom stereocenters. The first-order chi connectivity index (χ1) is 8.56. The van der Waals surface area contributed by atoms with Crippen molar-refractivity contribution in [3.05, 3.63) is 29.8 Å². The Hall–Kier alpha value is -1.02. The van der Waals surface area contributed by atoms with Gasteiger partial charge in [-0.25, -0.2) is 0 Å². The predicted octanol–water partition coefficient (Wildman–Crippen LogP) is 3.36. The van der Waals surface area contributed by atoms with Crippen LogP contribution in [0.1, 0.15) is 39.2 Å². The minimum atomic E-state index is 0.235. The number of ether oxygens (including phenoxy) is 1. The van der Waals surface area contributed by atoms with Gasteiger partial charge in [0.15, 0.2) is 0 Å². The normalized spacial score (nSPS) is 27.7. The summed E-state index contributed by atoms with van der Waals surface area (Å²) in [7, 11) is 1.74. The highest BCUT2D eigenvalue weighted by molar-refractivity contribution is 5.35. The van der Waals surface area contributed by atoms with E-state index in [-0.39, 0.29) is 5.41 Å². The number of benzene rings is 1. The molecule has 1 fully saturated rings. The molecular weight excluding hydrogens is 222 g/mol. The van der Waals surface area contributed by atoms with Crippen LogP contribution in [-0.2, 0) is 5.41 Å². The Morgan fingerprint density at radius 3 is 2.89 bits per heavy atom. The molecule has 0 radical (unpaired) electrons. The summed E-state index contributed by atoms with van der Waals surface area (Å²) in [5.41, 5.74) is 1.64. The molecule has 0 spiro atoms. The van der Waals surface area contributed by atoms with Gasteiger partial charge in [0.2, 0.25) is 0 Å². The quantitative estimate of drug-likeness (QED) is 0.881. The third-order valence-electron chi connectivity index (χ3n) is 4.24.